The van der Waals surface area contributed by atoms with Crippen LogP contribution in [0.15, 0.2) is 52.2 Å². The Morgan fingerprint density at radius 2 is 1.86 bits per heavy atom. The number of imidazole rings is 1. The summed E-state index contributed by atoms with van der Waals surface area (Å²) >= 11 is 0. The van der Waals surface area contributed by atoms with Crippen LogP contribution < -0.4 is 10.4 Å². The van der Waals surface area contributed by atoms with Crippen LogP contribution >= 0.6 is 0 Å². The molecular formula is C19H20N4O5S. The summed E-state index contributed by atoms with van der Waals surface area (Å²) in [4.78, 5) is 30.8. The number of amides is 1. The highest BCUT2D eigenvalue weighted by atomic mass is 32.2. The molecule has 3 aromatic rings. The zero-order chi connectivity index (χ0) is 20.6. The van der Waals surface area contributed by atoms with Crippen LogP contribution in [0.3, 0.4) is 0 Å². The van der Waals surface area contributed by atoms with Gasteiger partial charge >= 0.3 is 5.69 Å². The molecule has 0 saturated carbocycles. The Balaban J connectivity index is 1.51. The molecule has 2 aromatic carbocycles. The largest absolute Gasteiger partial charge is 0.375 e. The molecule has 1 unspecified atom stereocenters. The van der Waals surface area contributed by atoms with Crippen molar-refractivity contribution in [3.63, 3.8) is 0 Å². The van der Waals surface area contributed by atoms with E-state index in [1.54, 1.807) is 29.2 Å². The number of nitrogens with zero attached hydrogens (tertiary/aromatic N) is 1. The highest BCUT2D eigenvalue weighted by molar-refractivity contribution is 7.92. The average molecular weight is 416 g/mol. The van der Waals surface area contributed by atoms with Gasteiger partial charge in [-0.1, -0.05) is 0 Å². The second-order valence-electron chi connectivity index (χ2n) is 6.90. The normalized spacial score (nSPS) is 17.4. The van der Waals surface area contributed by atoms with Crippen molar-refractivity contribution < 1.29 is 17.9 Å². The molecule has 1 amide bonds. The van der Waals surface area contributed by atoms with E-state index >= 15 is 0 Å². The van der Waals surface area contributed by atoms with Gasteiger partial charge in [-0.3, -0.25) is 9.52 Å². The summed E-state index contributed by atoms with van der Waals surface area (Å²) in [6.45, 7) is 3.47. The van der Waals surface area contributed by atoms with Gasteiger partial charge in [-0.05, 0) is 49.4 Å². The van der Waals surface area contributed by atoms with Crippen LogP contribution in [0.5, 0.6) is 0 Å². The van der Waals surface area contributed by atoms with Crippen LogP contribution in [0.25, 0.3) is 11.0 Å². The Morgan fingerprint density at radius 3 is 2.59 bits per heavy atom. The van der Waals surface area contributed by atoms with E-state index in [-0.39, 0.29) is 16.9 Å². The molecule has 1 fully saturated rings. The number of carbonyl (C=O) groups is 1. The molecule has 1 aliphatic heterocycles. The van der Waals surface area contributed by atoms with Gasteiger partial charge in [-0.15, -0.1) is 0 Å². The molecule has 4 rings (SSSR count). The summed E-state index contributed by atoms with van der Waals surface area (Å²) in [5.74, 6) is -0.114. The number of hydrogen-bond donors (Lipinski definition) is 3. The smallest absolute Gasteiger partial charge is 0.323 e. The Labute approximate surface area is 166 Å². The van der Waals surface area contributed by atoms with Gasteiger partial charge in [0.2, 0.25) is 0 Å². The number of H-pyrrole nitrogens is 2. The van der Waals surface area contributed by atoms with E-state index in [2.05, 4.69) is 14.7 Å². The van der Waals surface area contributed by atoms with Crippen molar-refractivity contribution in [2.75, 3.05) is 24.4 Å². The third kappa shape index (κ3) is 4.03. The van der Waals surface area contributed by atoms with Crippen LogP contribution in [-0.4, -0.2) is 55.0 Å². The van der Waals surface area contributed by atoms with Crippen molar-refractivity contribution in [2.45, 2.75) is 17.9 Å². The molecule has 29 heavy (non-hydrogen) atoms. The van der Waals surface area contributed by atoms with Crippen molar-refractivity contribution >= 4 is 32.7 Å². The molecule has 1 saturated heterocycles. The lowest BCUT2D eigenvalue weighted by molar-refractivity contribution is -0.0124. The number of ether oxygens (including phenoxy) is 1. The lowest BCUT2D eigenvalue weighted by Gasteiger charge is -2.31. The summed E-state index contributed by atoms with van der Waals surface area (Å²) < 4.78 is 33.2. The first kappa shape index (κ1) is 19.2. The van der Waals surface area contributed by atoms with Gasteiger partial charge < -0.3 is 19.6 Å². The number of carbonyl (C=O) groups excluding carboxylic acids is 1. The minimum Gasteiger partial charge on any atom is -0.375 e. The second kappa shape index (κ2) is 7.37. The topological polar surface area (TPSA) is 124 Å². The maximum absolute atomic E-state index is 12.7. The van der Waals surface area contributed by atoms with E-state index in [1.165, 1.54) is 18.2 Å². The number of aromatic nitrogens is 2. The molecule has 9 nitrogen and oxygen atoms in total. The maximum atomic E-state index is 12.7. The van der Waals surface area contributed by atoms with Crippen molar-refractivity contribution in [1.29, 1.82) is 0 Å². The molecule has 0 radical (unpaired) electrons. The van der Waals surface area contributed by atoms with Gasteiger partial charge in [0.15, 0.2) is 0 Å². The third-order valence-corrected chi connectivity index (χ3v) is 6.09. The lowest BCUT2D eigenvalue weighted by Crippen LogP contribution is -2.44. The minimum absolute atomic E-state index is 0.00825. The first-order valence-electron chi connectivity index (χ1n) is 9.08. The molecule has 0 aliphatic carbocycles. The van der Waals surface area contributed by atoms with Gasteiger partial charge in [0, 0.05) is 24.3 Å². The number of aromatic amines is 2. The van der Waals surface area contributed by atoms with Crippen molar-refractivity contribution in [3.05, 3.63) is 58.5 Å². The van der Waals surface area contributed by atoms with E-state index in [0.29, 0.717) is 42.0 Å². The molecule has 3 N–H and O–H groups in total. The van der Waals surface area contributed by atoms with Gasteiger partial charge in [0.25, 0.3) is 15.9 Å². The Bertz CT molecular complexity index is 1210. The number of benzene rings is 2. The SMILES string of the molecule is CC1CN(C(=O)c2ccc(NS(=O)(=O)c3ccc4[nH]c(=O)[nH]c4c3)cc2)CCO1. The lowest BCUT2D eigenvalue weighted by atomic mass is 10.1. The quantitative estimate of drug-likeness (QED) is 0.595. The molecule has 0 bridgehead atoms. The summed E-state index contributed by atoms with van der Waals surface area (Å²) in [5, 5.41) is 0. The fraction of sp³-hybridized carbons (Fsp3) is 0.263. The number of fused-ring (bicyclic) bond motifs is 1. The second-order valence-corrected chi connectivity index (χ2v) is 8.58. The van der Waals surface area contributed by atoms with Crippen LogP contribution in [-0.2, 0) is 14.8 Å². The standard InChI is InChI=1S/C19H20N4O5S/c1-12-11-23(8-9-28-12)18(24)13-2-4-14(5-3-13)22-29(26,27)15-6-7-16-17(10-15)21-19(25)20-16/h2-7,10,12,22H,8-9,11H2,1H3,(H2,20,21,25). The van der Waals surface area contributed by atoms with E-state index in [1.807, 2.05) is 6.92 Å². The highest BCUT2D eigenvalue weighted by Gasteiger charge is 2.22. The summed E-state index contributed by atoms with van der Waals surface area (Å²) in [6, 6.07) is 10.6. The maximum Gasteiger partial charge on any atom is 0.323 e. The Hall–Kier alpha value is -3.11. The fourth-order valence-corrected chi connectivity index (χ4v) is 4.34. The predicted octanol–water partition coefficient (Wildman–Crippen LogP) is 1.52. The van der Waals surface area contributed by atoms with Gasteiger partial charge in [0.1, 0.15) is 0 Å². The average Bonchev–Trinajstić information content (AvgIpc) is 3.07. The third-order valence-electron chi connectivity index (χ3n) is 4.71. The number of morpholine rings is 1. The van der Waals surface area contributed by atoms with E-state index in [4.69, 9.17) is 4.74 Å². The fourth-order valence-electron chi connectivity index (χ4n) is 3.26. The van der Waals surface area contributed by atoms with Gasteiger partial charge in [-0.25, -0.2) is 13.2 Å². The Kier molecular flexibility index (Phi) is 4.89. The summed E-state index contributed by atoms with van der Waals surface area (Å²) in [7, 11) is -3.85. The Morgan fingerprint density at radius 1 is 1.14 bits per heavy atom. The minimum atomic E-state index is -3.85. The number of sulfonamides is 1. The van der Waals surface area contributed by atoms with E-state index in [0.717, 1.165) is 0 Å². The molecule has 1 atom stereocenters. The number of nitrogens with one attached hydrogen (secondary N) is 3. The van der Waals surface area contributed by atoms with Crippen molar-refractivity contribution in [3.8, 4) is 0 Å². The molecule has 152 valence electrons. The highest BCUT2D eigenvalue weighted by Crippen LogP contribution is 2.20. The number of rotatable bonds is 4. The molecule has 1 aliphatic rings. The molecule has 10 heteroatoms. The number of hydrogen-bond acceptors (Lipinski definition) is 5. The molecular weight excluding hydrogens is 396 g/mol. The van der Waals surface area contributed by atoms with Gasteiger partial charge in [0.05, 0.1) is 28.6 Å². The van der Waals surface area contributed by atoms with Crippen LogP contribution in [0.4, 0.5) is 5.69 Å². The summed E-state index contributed by atoms with van der Waals surface area (Å²) in [5.41, 5.74) is 1.33. The molecule has 0 spiro atoms. The van der Waals surface area contributed by atoms with Crippen LogP contribution in [0, 0.1) is 0 Å². The zero-order valence-corrected chi connectivity index (χ0v) is 16.5. The first-order chi connectivity index (χ1) is 13.8. The zero-order valence-electron chi connectivity index (χ0n) is 15.6. The monoisotopic (exact) mass is 416 g/mol. The van der Waals surface area contributed by atoms with Gasteiger partial charge in [-0.2, -0.15) is 0 Å². The van der Waals surface area contributed by atoms with E-state index in [9.17, 15) is 18.0 Å². The van der Waals surface area contributed by atoms with Crippen molar-refractivity contribution in [1.82, 2.24) is 14.9 Å². The summed E-state index contributed by atoms with van der Waals surface area (Å²) in [6.07, 6.45) is -0.00825. The number of anilines is 1. The molecule has 1 aromatic heterocycles. The van der Waals surface area contributed by atoms with Crippen LogP contribution in [0.1, 0.15) is 17.3 Å². The van der Waals surface area contributed by atoms with Crippen molar-refractivity contribution in [2.24, 2.45) is 0 Å². The first-order valence-corrected chi connectivity index (χ1v) is 10.6. The van der Waals surface area contributed by atoms with Crippen LogP contribution in [0.2, 0.25) is 0 Å². The predicted molar refractivity (Wildman–Crippen MR) is 107 cm³/mol. The van der Waals surface area contributed by atoms with E-state index < -0.39 is 15.7 Å². The molecule has 2 heterocycles.